The van der Waals surface area contributed by atoms with Crippen LogP contribution in [0.1, 0.15) is 17.0 Å². The van der Waals surface area contributed by atoms with Crippen LogP contribution in [0.25, 0.3) is 56.3 Å². The second-order valence-corrected chi connectivity index (χ2v) is 10.7. The Morgan fingerprint density at radius 1 is 0.667 bits per heavy atom. The van der Waals surface area contributed by atoms with Crippen molar-refractivity contribution < 1.29 is 51.7 Å². The average Bonchev–Trinajstić information content (AvgIpc) is 3.79. The molecule has 0 radical (unpaired) electrons. The second kappa shape index (κ2) is 15.6. The monoisotopic (exact) mass is 778 g/mol. The van der Waals surface area contributed by atoms with Crippen LogP contribution in [0.3, 0.4) is 0 Å². The molecule has 7 rings (SSSR count). The van der Waals surface area contributed by atoms with Crippen molar-refractivity contribution in [2.45, 2.75) is 20.0 Å². The molecule has 6 heterocycles. The molecule has 7 aromatic rings. The topological polar surface area (TPSA) is 158 Å². The number of ether oxygens (including phenoxy) is 2. The number of aryl methyl sites for hydroxylation is 2. The summed E-state index contributed by atoms with van der Waals surface area (Å²) in [4.78, 5) is 39.3. The molecule has 12 nitrogen and oxygen atoms in total. The van der Waals surface area contributed by atoms with Crippen molar-refractivity contribution in [1.29, 1.82) is 0 Å². The summed E-state index contributed by atoms with van der Waals surface area (Å²) in [5.41, 5.74) is 5.29. The number of rotatable bonds is 8. The van der Waals surface area contributed by atoms with Gasteiger partial charge in [-0.3, -0.25) is 24.5 Å². The Labute approximate surface area is 300 Å². The molecule has 1 aromatic carbocycles. The number of nitrogens with zero attached hydrogens (tertiary/aromatic N) is 8. The van der Waals surface area contributed by atoms with Crippen LogP contribution in [0.15, 0.2) is 91.3 Å². The van der Waals surface area contributed by atoms with Gasteiger partial charge in [0.05, 0.1) is 34.0 Å². The number of alkyl halides is 3. The third-order valence-electron chi connectivity index (χ3n) is 7.05. The van der Waals surface area contributed by atoms with Crippen molar-refractivity contribution in [3.05, 3.63) is 108 Å². The minimum atomic E-state index is -4.52. The Bertz CT molecular complexity index is 2330. The van der Waals surface area contributed by atoms with Gasteiger partial charge in [-0.1, -0.05) is 29.6 Å². The first-order valence-electron chi connectivity index (χ1n) is 14.7. The summed E-state index contributed by atoms with van der Waals surface area (Å²) in [5, 5.41) is 15.4. The van der Waals surface area contributed by atoms with E-state index in [2.05, 4.69) is 35.3 Å². The van der Waals surface area contributed by atoms with Gasteiger partial charge in [0.2, 0.25) is 0 Å². The van der Waals surface area contributed by atoms with Gasteiger partial charge < -0.3 is 29.9 Å². The van der Waals surface area contributed by atoms with Gasteiger partial charge in [-0.15, -0.1) is 0 Å². The van der Waals surface area contributed by atoms with Crippen molar-refractivity contribution >= 4 is 23.8 Å². The summed E-state index contributed by atoms with van der Waals surface area (Å²) in [6.45, 7) is 4.48. The van der Waals surface area contributed by atoms with Crippen LogP contribution < -0.4 is 19.7 Å². The number of carbonyl (C=O) groups is 2. The van der Waals surface area contributed by atoms with E-state index in [0.717, 1.165) is 33.8 Å². The number of benzene rings is 1. The fourth-order valence-electron chi connectivity index (χ4n) is 4.91. The molecule has 51 heavy (non-hydrogen) atoms. The molecule has 256 valence electrons. The fraction of sp³-hybridized carbons (Fsp3) is 0.0857. The minimum Gasteiger partial charge on any atom is -0.574 e. The van der Waals surface area contributed by atoms with Crippen molar-refractivity contribution in [3.8, 4) is 56.9 Å². The fourth-order valence-corrected chi connectivity index (χ4v) is 4.91. The molecule has 0 atom stereocenters. The SMILES string of the molecule is Cc1cc(-c2cc(OC=O)cc(-c3cc(OC=O)ccn3)n2)c2ncccc2c1.Cc1cc(-c2cccc(-c3cc(C(F)(F)F)n[n-]3)n2)[n-]n1.[Ru+2]. The number of fused-ring (bicyclic) bond motifs is 1. The zero-order chi connectivity index (χ0) is 35.3. The van der Waals surface area contributed by atoms with E-state index in [0.29, 0.717) is 58.6 Å². The molecule has 0 aliphatic heterocycles. The van der Waals surface area contributed by atoms with Gasteiger partial charge in [0, 0.05) is 47.2 Å². The normalized spacial score (nSPS) is 10.8. The van der Waals surface area contributed by atoms with E-state index >= 15 is 0 Å². The van der Waals surface area contributed by atoms with Gasteiger partial charge in [0.1, 0.15) is 17.2 Å². The summed E-state index contributed by atoms with van der Waals surface area (Å²) in [5.74, 6) is 0.645. The molecule has 16 heteroatoms. The number of pyridine rings is 4. The maximum Gasteiger partial charge on any atom is 2.00 e. The second-order valence-electron chi connectivity index (χ2n) is 10.7. The van der Waals surface area contributed by atoms with Gasteiger partial charge in [-0.25, -0.2) is 4.98 Å². The summed E-state index contributed by atoms with van der Waals surface area (Å²) < 4.78 is 47.6. The van der Waals surface area contributed by atoms with E-state index in [1.807, 2.05) is 31.2 Å². The predicted octanol–water partition coefficient (Wildman–Crippen LogP) is 6.18. The molecule has 0 saturated heterocycles. The minimum absolute atomic E-state index is 0. The van der Waals surface area contributed by atoms with E-state index < -0.39 is 11.9 Å². The smallest absolute Gasteiger partial charge is 0.574 e. The quantitative estimate of drug-likeness (QED) is 0.128. The first-order chi connectivity index (χ1) is 24.1. The van der Waals surface area contributed by atoms with Crippen LogP contribution in [-0.4, -0.2) is 43.1 Å². The summed E-state index contributed by atoms with van der Waals surface area (Å²) in [7, 11) is 0. The first-order valence-corrected chi connectivity index (χ1v) is 14.7. The molecule has 0 fully saturated rings. The number of hydrogen-bond donors (Lipinski definition) is 0. The third kappa shape index (κ3) is 8.54. The maximum absolute atomic E-state index is 12.5. The predicted molar refractivity (Wildman–Crippen MR) is 173 cm³/mol. The molecule has 0 N–H and O–H groups in total. The van der Waals surface area contributed by atoms with Gasteiger partial charge in [0.15, 0.2) is 0 Å². The van der Waals surface area contributed by atoms with Crippen molar-refractivity contribution in [3.63, 3.8) is 0 Å². The maximum atomic E-state index is 12.5. The standard InChI is InChI=1S/C22H15N3O4.C13H8F3N5.Ru/c1-14-7-15-3-2-5-24-22(15)18(8-14)19-10-17(29-13-27)11-21(25-19)20-9-16(28-12-26)4-6-23-20;1-7-5-10(19-18-7)8-3-2-4-9(17-8)11-6-12(21-20-11)13(14,15)16;/h2-13H,1H3;2-6H,1H3;/q;-2;+2. The van der Waals surface area contributed by atoms with Crippen molar-refractivity contribution in [2.75, 3.05) is 0 Å². The number of carbonyl (C=O) groups excluding carboxylic acids is 2. The zero-order valence-corrected chi connectivity index (χ0v) is 28.3. The van der Waals surface area contributed by atoms with E-state index in [-0.39, 0.29) is 25.2 Å². The Hall–Kier alpha value is -6.15. The van der Waals surface area contributed by atoms with Gasteiger partial charge in [-0.2, -0.15) is 13.2 Å². The molecule has 0 aliphatic rings. The molecule has 6 aromatic heterocycles. The number of aromatic nitrogens is 8. The number of hydrogen-bond acceptors (Lipinski definition) is 10. The number of halogens is 3. The van der Waals surface area contributed by atoms with E-state index in [9.17, 15) is 22.8 Å². The van der Waals surface area contributed by atoms with E-state index in [1.54, 1.807) is 61.7 Å². The van der Waals surface area contributed by atoms with Crippen molar-refractivity contribution in [1.82, 2.24) is 40.3 Å². The molecule has 0 aliphatic carbocycles. The van der Waals surface area contributed by atoms with Crippen LogP contribution in [-0.2, 0) is 35.2 Å². The molecule has 0 saturated carbocycles. The zero-order valence-electron chi connectivity index (χ0n) is 26.5. The molecular weight excluding hydrogens is 755 g/mol. The van der Waals surface area contributed by atoms with Crippen molar-refractivity contribution in [2.24, 2.45) is 0 Å². The largest absolute Gasteiger partial charge is 2.00 e. The molecule has 0 spiro atoms. The summed E-state index contributed by atoms with van der Waals surface area (Å²) >= 11 is 0. The van der Waals surface area contributed by atoms with Gasteiger partial charge in [0.25, 0.3) is 12.9 Å². The van der Waals surface area contributed by atoms with Crippen LogP contribution in [0.2, 0.25) is 0 Å². The average molecular weight is 778 g/mol. The Morgan fingerprint density at radius 2 is 1.33 bits per heavy atom. The molecular formula is C35H23F3N8O4Ru. The summed E-state index contributed by atoms with van der Waals surface area (Å²) in [6, 6.07) is 21.8. The van der Waals surface area contributed by atoms with E-state index in [1.165, 1.54) is 6.20 Å². The summed E-state index contributed by atoms with van der Waals surface area (Å²) in [6.07, 6.45) is -1.29. The van der Waals surface area contributed by atoms with Gasteiger partial charge in [-0.05, 0) is 61.9 Å². The van der Waals surface area contributed by atoms with Crippen LogP contribution >= 0.6 is 0 Å². The molecule has 0 bridgehead atoms. The molecule has 0 unspecified atom stereocenters. The van der Waals surface area contributed by atoms with Crippen LogP contribution in [0.4, 0.5) is 13.2 Å². The Balaban J connectivity index is 0.000000204. The first kappa shape index (κ1) is 36.1. The molecule has 0 amide bonds. The van der Waals surface area contributed by atoms with Gasteiger partial charge >= 0.3 is 25.7 Å². The Morgan fingerprint density at radius 3 is 2.02 bits per heavy atom. The van der Waals surface area contributed by atoms with E-state index in [4.69, 9.17) is 14.5 Å². The third-order valence-corrected chi connectivity index (χ3v) is 7.05. The Kier molecular flexibility index (Phi) is 11.1. The van der Waals surface area contributed by atoms with Crippen LogP contribution in [0, 0.1) is 13.8 Å². The van der Waals surface area contributed by atoms with Crippen LogP contribution in [0.5, 0.6) is 11.5 Å².